The molecule has 4 heterocycles. The lowest BCUT2D eigenvalue weighted by molar-refractivity contribution is -0.286. The number of aromatic nitrogens is 3. The molecule has 2 fully saturated rings. The summed E-state index contributed by atoms with van der Waals surface area (Å²) in [6.07, 6.45) is 1.52. The lowest BCUT2D eigenvalue weighted by Gasteiger charge is -2.30. The summed E-state index contributed by atoms with van der Waals surface area (Å²) < 4.78 is 50.2. The predicted molar refractivity (Wildman–Crippen MR) is 161 cm³/mol. The molecule has 0 bridgehead atoms. The lowest BCUT2D eigenvalue weighted by Crippen LogP contribution is -2.44. The fourth-order valence-corrected chi connectivity index (χ4v) is 6.36. The average Bonchev–Trinajstić information content (AvgIpc) is 3.97. The molecule has 4 aromatic rings. The number of benzene rings is 2. The number of nitrogens with one attached hydrogen (secondary N) is 1. The zero-order valence-electron chi connectivity index (χ0n) is 25.5. The molecule has 2 aliphatic heterocycles. The average molecular weight is 648 g/mol. The maximum absolute atomic E-state index is 13.8. The van der Waals surface area contributed by atoms with Crippen LogP contribution in [0.1, 0.15) is 60.3 Å². The number of pyridine rings is 1. The van der Waals surface area contributed by atoms with Crippen LogP contribution in [0.5, 0.6) is 23.0 Å². The number of halogens is 2. The summed E-state index contributed by atoms with van der Waals surface area (Å²) in [5, 5.41) is 20.5. The van der Waals surface area contributed by atoms with Crippen molar-refractivity contribution in [2.75, 3.05) is 20.3 Å². The molecule has 2 saturated carbocycles. The van der Waals surface area contributed by atoms with E-state index in [-0.39, 0.29) is 47.7 Å². The van der Waals surface area contributed by atoms with Crippen LogP contribution in [0.15, 0.2) is 42.6 Å². The predicted octanol–water partition coefficient (Wildman–Crippen LogP) is 3.93. The minimum atomic E-state index is -3.82. The zero-order chi connectivity index (χ0) is 32.9. The first kappa shape index (κ1) is 29.4. The van der Waals surface area contributed by atoms with Crippen LogP contribution in [0.25, 0.3) is 22.2 Å². The SMILES string of the molecule is COc1cc(C(=O)NCC(O)(c2cc3c(c(-c4ccc5c(c4)OC(F)(F)O5)n2)OC[C@]3(C)C(N)=O)C2CC2)cc2cn(C3CC3)nc12. The monoisotopic (exact) mass is 647 g/mol. The van der Waals surface area contributed by atoms with Gasteiger partial charge in [-0.3, -0.25) is 14.3 Å². The van der Waals surface area contributed by atoms with Crippen LogP contribution in [0, 0.1) is 5.92 Å². The molecule has 8 rings (SSSR count). The second-order valence-corrected chi connectivity index (χ2v) is 12.9. The van der Waals surface area contributed by atoms with E-state index in [0.29, 0.717) is 46.8 Å². The summed E-state index contributed by atoms with van der Waals surface area (Å²) in [6.45, 7) is 1.34. The first-order valence-corrected chi connectivity index (χ1v) is 15.3. The second-order valence-electron chi connectivity index (χ2n) is 12.9. The number of hydrogen-bond acceptors (Lipinski definition) is 9. The van der Waals surface area contributed by atoms with Crippen LogP contribution in [0.4, 0.5) is 8.78 Å². The Bertz CT molecular complexity index is 1990. The van der Waals surface area contributed by atoms with Crippen LogP contribution in [-0.2, 0) is 15.8 Å². The van der Waals surface area contributed by atoms with E-state index in [2.05, 4.69) is 19.9 Å². The third-order valence-corrected chi connectivity index (χ3v) is 9.50. The van der Waals surface area contributed by atoms with E-state index in [9.17, 15) is 23.5 Å². The van der Waals surface area contributed by atoms with Crippen LogP contribution < -0.4 is 30.0 Å². The molecule has 2 aliphatic carbocycles. The van der Waals surface area contributed by atoms with E-state index in [0.717, 1.165) is 18.2 Å². The maximum atomic E-state index is 13.8. The molecule has 2 aromatic carbocycles. The highest BCUT2D eigenvalue weighted by atomic mass is 19.3. The Balaban J connectivity index is 1.16. The number of fused-ring (bicyclic) bond motifs is 3. The fourth-order valence-electron chi connectivity index (χ4n) is 6.36. The number of amides is 2. The molecule has 2 atom stereocenters. The van der Waals surface area contributed by atoms with Crippen LogP contribution in [0.3, 0.4) is 0 Å². The highest BCUT2D eigenvalue weighted by molar-refractivity contribution is 6.00. The summed E-state index contributed by atoms with van der Waals surface area (Å²) in [5.74, 6) is -1.01. The van der Waals surface area contributed by atoms with Crippen molar-refractivity contribution in [2.24, 2.45) is 11.7 Å². The Hall–Kier alpha value is -4.98. The summed E-state index contributed by atoms with van der Waals surface area (Å²) in [7, 11) is 1.52. The van der Waals surface area contributed by atoms with Gasteiger partial charge in [0.2, 0.25) is 5.91 Å². The number of alkyl halides is 2. The number of ether oxygens (including phenoxy) is 4. The molecule has 2 amide bonds. The van der Waals surface area contributed by atoms with Gasteiger partial charge in [0.05, 0.1) is 25.4 Å². The highest BCUT2D eigenvalue weighted by Crippen LogP contribution is 2.51. The summed E-state index contributed by atoms with van der Waals surface area (Å²) in [4.78, 5) is 31.0. The first-order chi connectivity index (χ1) is 22.4. The molecule has 4 aliphatic rings. The van der Waals surface area contributed by atoms with Gasteiger partial charge in [-0.05, 0) is 74.9 Å². The Labute approximate surface area is 266 Å². The number of carbonyl (C=O) groups excluding carboxylic acids is 2. The quantitative estimate of drug-likeness (QED) is 0.245. The fraction of sp³-hybridized carbons (Fsp3) is 0.394. The van der Waals surface area contributed by atoms with Gasteiger partial charge in [0.25, 0.3) is 5.91 Å². The molecule has 1 unspecified atom stereocenters. The number of hydrogen-bond donors (Lipinski definition) is 3. The molecule has 0 saturated heterocycles. The molecule has 0 spiro atoms. The van der Waals surface area contributed by atoms with E-state index in [4.69, 9.17) is 20.2 Å². The zero-order valence-corrected chi connectivity index (χ0v) is 25.5. The van der Waals surface area contributed by atoms with E-state index >= 15 is 0 Å². The van der Waals surface area contributed by atoms with Gasteiger partial charge in [0, 0.05) is 28.3 Å². The molecular formula is C33H31F2N5O7. The van der Waals surface area contributed by atoms with E-state index < -0.39 is 29.1 Å². The third-order valence-electron chi connectivity index (χ3n) is 9.50. The van der Waals surface area contributed by atoms with Crippen LogP contribution >= 0.6 is 0 Å². The van der Waals surface area contributed by atoms with Gasteiger partial charge in [-0.2, -0.15) is 5.10 Å². The van der Waals surface area contributed by atoms with E-state index in [1.165, 1.54) is 25.3 Å². The van der Waals surface area contributed by atoms with Gasteiger partial charge in [-0.15, -0.1) is 8.78 Å². The summed E-state index contributed by atoms with van der Waals surface area (Å²) in [6, 6.07) is 9.45. The Kier molecular flexibility index (Phi) is 6.27. The number of rotatable bonds is 9. The normalized spacial score (nSPS) is 22.0. The number of nitrogens with two attached hydrogens (primary N) is 1. The number of carbonyl (C=O) groups is 2. The topological polar surface area (TPSA) is 160 Å². The molecule has 244 valence electrons. The minimum absolute atomic E-state index is 0.0847. The van der Waals surface area contributed by atoms with E-state index in [1.807, 2.05) is 10.9 Å². The van der Waals surface area contributed by atoms with Crippen molar-refractivity contribution in [1.82, 2.24) is 20.1 Å². The van der Waals surface area contributed by atoms with Gasteiger partial charge in [-0.25, -0.2) is 4.98 Å². The van der Waals surface area contributed by atoms with Crippen molar-refractivity contribution in [3.63, 3.8) is 0 Å². The Morgan fingerprint density at radius 3 is 2.62 bits per heavy atom. The molecule has 2 aromatic heterocycles. The van der Waals surface area contributed by atoms with Crippen LogP contribution in [0.2, 0.25) is 0 Å². The van der Waals surface area contributed by atoms with Gasteiger partial charge in [-0.1, -0.05) is 0 Å². The molecule has 47 heavy (non-hydrogen) atoms. The number of nitrogens with zero attached hydrogens (tertiary/aromatic N) is 3. The summed E-state index contributed by atoms with van der Waals surface area (Å²) in [5.41, 5.74) is 4.97. The van der Waals surface area contributed by atoms with Gasteiger partial charge >= 0.3 is 6.29 Å². The van der Waals surface area contributed by atoms with E-state index in [1.54, 1.807) is 25.1 Å². The minimum Gasteiger partial charge on any atom is -0.494 e. The standard InChI is InChI=1S/C33H31F2N5O7/c1-31(30(36)42)15-45-28-21(31)12-25(38-27(28)16-3-8-22-23(10-16)47-33(34,35)46-22)32(43,19-4-5-19)14-37-29(41)17-9-18-13-40(20-6-7-20)39-26(18)24(11-17)44-2/h3,8-13,19-20,43H,4-7,14-15H2,1-2H3,(H2,36,42)(H,37,41)/t31-,32?/m0/s1. The molecule has 4 N–H and O–H groups in total. The maximum Gasteiger partial charge on any atom is 0.586 e. The third kappa shape index (κ3) is 4.80. The van der Waals surface area contributed by atoms with Crippen molar-refractivity contribution in [2.45, 2.75) is 56.0 Å². The van der Waals surface area contributed by atoms with Crippen molar-refractivity contribution in [1.29, 1.82) is 0 Å². The number of methoxy groups -OCH3 is 1. The largest absolute Gasteiger partial charge is 0.586 e. The first-order valence-electron chi connectivity index (χ1n) is 15.3. The molecule has 14 heteroatoms. The van der Waals surface area contributed by atoms with Crippen molar-refractivity contribution < 1.29 is 42.4 Å². The van der Waals surface area contributed by atoms with Gasteiger partial charge < -0.3 is 35.1 Å². The van der Waals surface area contributed by atoms with Crippen molar-refractivity contribution >= 4 is 22.7 Å². The molecule has 12 nitrogen and oxygen atoms in total. The number of aliphatic hydroxyl groups is 1. The highest BCUT2D eigenvalue weighted by Gasteiger charge is 2.50. The van der Waals surface area contributed by atoms with Crippen LogP contribution in [-0.4, -0.2) is 58.2 Å². The smallest absolute Gasteiger partial charge is 0.494 e. The van der Waals surface area contributed by atoms with Crippen molar-refractivity contribution in [3.8, 4) is 34.3 Å². The Morgan fingerprint density at radius 2 is 1.91 bits per heavy atom. The van der Waals surface area contributed by atoms with Gasteiger partial charge in [0.1, 0.15) is 40.3 Å². The number of primary amides is 1. The van der Waals surface area contributed by atoms with Gasteiger partial charge in [0.15, 0.2) is 11.5 Å². The molecular weight excluding hydrogens is 616 g/mol. The van der Waals surface area contributed by atoms with Crippen molar-refractivity contribution in [3.05, 3.63) is 59.4 Å². The summed E-state index contributed by atoms with van der Waals surface area (Å²) >= 11 is 0. The second kappa shape index (κ2) is 10.0. The Morgan fingerprint density at radius 1 is 1.15 bits per heavy atom. The molecule has 0 radical (unpaired) electrons. The lowest BCUT2D eigenvalue weighted by atomic mass is 9.81.